The zero-order valence-corrected chi connectivity index (χ0v) is 18.3. The van der Waals surface area contributed by atoms with Gasteiger partial charge in [0.1, 0.15) is 5.75 Å². The van der Waals surface area contributed by atoms with E-state index in [0.29, 0.717) is 50.4 Å². The van der Waals surface area contributed by atoms with Crippen LogP contribution in [-0.2, 0) is 20.7 Å². The Morgan fingerprint density at radius 3 is 2.61 bits per heavy atom. The van der Waals surface area contributed by atoms with Crippen LogP contribution >= 0.6 is 0 Å². The highest BCUT2D eigenvalue weighted by atomic mass is 16.5. The fraction of sp³-hybridized carbons (Fsp3) is 0.500. The van der Waals surface area contributed by atoms with E-state index in [1.54, 1.807) is 21.0 Å². The van der Waals surface area contributed by atoms with E-state index >= 15 is 0 Å². The number of piperazine rings is 1. The van der Waals surface area contributed by atoms with Crippen LogP contribution in [0.5, 0.6) is 5.75 Å². The van der Waals surface area contributed by atoms with Crippen molar-refractivity contribution in [3.8, 4) is 5.75 Å². The molecule has 0 aliphatic carbocycles. The fourth-order valence-electron chi connectivity index (χ4n) is 3.85. The summed E-state index contributed by atoms with van der Waals surface area (Å²) in [6.45, 7) is 6.69. The summed E-state index contributed by atoms with van der Waals surface area (Å²) in [6, 6.07) is 6.77. The summed E-state index contributed by atoms with van der Waals surface area (Å²) in [7, 11) is 1.61. The number of nitrogens with zero attached hydrogens (tertiary/aromatic N) is 2. The van der Waals surface area contributed by atoms with Crippen molar-refractivity contribution >= 4 is 17.9 Å². The molecule has 2 heterocycles. The number of carbonyl (C=O) groups excluding carboxylic acids is 3. The summed E-state index contributed by atoms with van der Waals surface area (Å²) in [5, 5.41) is 5.46. The predicted molar refractivity (Wildman–Crippen MR) is 115 cm³/mol. The first-order valence-electron chi connectivity index (χ1n) is 10.5. The third kappa shape index (κ3) is 5.75. The number of amides is 3. The lowest BCUT2D eigenvalue weighted by molar-refractivity contribution is -0.139. The Morgan fingerprint density at radius 1 is 1.19 bits per heavy atom. The van der Waals surface area contributed by atoms with Crippen LogP contribution in [0.4, 0.5) is 4.79 Å². The molecule has 168 valence electrons. The van der Waals surface area contributed by atoms with Gasteiger partial charge in [-0.15, -0.1) is 0 Å². The molecule has 0 saturated carbocycles. The Kier molecular flexibility index (Phi) is 7.51. The zero-order valence-electron chi connectivity index (χ0n) is 18.3. The molecule has 9 nitrogen and oxygen atoms in total. The largest absolute Gasteiger partial charge is 0.497 e. The first-order valence-corrected chi connectivity index (χ1v) is 10.5. The molecule has 2 N–H and O–H groups in total. The van der Waals surface area contributed by atoms with Gasteiger partial charge in [0.05, 0.1) is 31.8 Å². The van der Waals surface area contributed by atoms with Crippen LogP contribution in [0.1, 0.15) is 19.4 Å². The van der Waals surface area contributed by atoms with Gasteiger partial charge in [-0.1, -0.05) is 12.1 Å². The minimum atomic E-state index is -0.426. The fourth-order valence-corrected chi connectivity index (χ4v) is 3.85. The summed E-state index contributed by atoms with van der Waals surface area (Å²) in [6.07, 6.45) is 0.328. The maximum absolute atomic E-state index is 12.7. The minimum absolute atomic E-state index is 0.0723. The molecule has 1 aromatic carbocycles. The highest BCUT2D eigenvalue weighted by Gasteiger charge is 2.31. The number of ether oxygens (including phenoxy) is 2. The van der Waals surface area contributed by atoms with Crippen LogP contribution in [0.3, 0.4) is 0 Å². The van der Waals surface area contributed by atoms with E-state index in [0.717, 1.165) is 11.3 Å². The van der Waals surface area contributed by atoms with E-state index in [2.05, 4.69) is 15.5 Å². The van der Waals surface area contributed by atoms with E-state index < -0.39 is 12.0 Å². The second kappa shape index (κ2) is 10.3. The lowest BCUT2D eigenvalue weighted by Crippen LogP contribution is -2.54. The number of hydrogen-bond donors (Lipinski definition) is 2. The average Bonchev–Trinajstić information content (AvgIpc) is 2.74. The number of hydrogen-bond acceptors (Lipinski definition) is 6. The number of nitrogens with one attached hydrogen (secondary N) is 2. The molecule has 1 aromatic rings. The van der Waals surface area contributed by atoms with Crippen LogP contribution in [-0.4, -0.2) is 80.2 Å². The normalized spacial score (nSPS) is 19.5. The first kappa shape index (κ1) is 22.6. The summed E-state index contributed by atoms with van der Waals surface area (Å²) in [5.41, 5.74) is 1.92. The van der Waals surface area contributed by atoms with Gasteiger partial charge in [-0.25, -0.2) is 9.59 Å². The van der Waals surface area contributed by atoms with E-state index in [1.165, 1.54) is 0 Å². The molecule has 0 radical (unpaired) electrons. The van der Waals surface area contributed by atoms with Crippen molar-refractivity contribution in [3.05, 3.63) is 41.1 Å². The summed E-state index contributed by atoms with van der Waals surface area (Å²) < 4.78 is 10.4. The van der Waals surface area contributed by atoms with Crippen molar-refractivity contribution in [1.29, 1.82) is 0 Å². The first-order chi connectivity index (χ1) is 14.9. The van der Waals surface area contributed by atoms with Crippen molar-refractivity contribution in [3.63, 3.8) is 0 Å². The molecular weight excluding hydrogens is 400 g/mol. The molecule has 1 atom stereocenters. The Hall–Kier alpha value is -3.07. The second-order valence-corrected chi connectivity index (χ2v) is 7.62. The Bertz CT molecular complexity index is 861. The van der Waals surface area contributed by atoms with E-state index in [1.807, 2.05) is 29.2 Å². The minimum Gasteiger partial charge on any atom is -0.497 e. The summed E-state index contributed by atoms with van der Waals surface area (Å²) in [5.74, 6) is 0.381. The van der Waals surface area contributed by atoms with Gasteiger partial charge in [0.25, 0.3) is 0 Å². The molecule has 0 aromatic heterocycles. The quantitative estimate of drug-likeness (QED) is 0.624. The van der Waals surface area contributed by atoms with E-state index in [4.69, 9.17) is 9.47 Å². The van der Waals surface area contributed by atoms with Gasteiger partial charge in [-0.3, -0.25) is 9.69 Å². The molecule has 1 saturated heterocycles. The molecule has 9 heteroatoms. The van der Waals surface area contributed by atoms with Crippen LogP contribution in [0.2, 0.25) is 0 Å². The maximum atomic E-state index is 12.7. The summed E-state index contributed by atoms with van der Waals surface area (Å²) in [4.78, 5) is 41.0. The number of rotatable bonds is 7. The number of esters is 1. The average molecular weight is 431 g/mol. The third-order valence-electron chi connectivity index (χ3n) is 5.46. The molecule has 0 bridgehead atoms. The molecule has 1 unspecified atom stereocenters. The number of benzene rings is 1. The van der Waals surface area contributed by atoms with E-state index in [9.17, 15) is 14.4 Å². The van der Waals surface area contributed by atoms with Crippen molar-refractivity contribution in [1.82, 2.24) is 20.4 Å². The molecule has 3 rings (SSSR count). The van der Waals surface area contributed by atoms with Gasteiger partial charge < -0.3 is 25.0 Å². The third-order valence-corrected chi connectivity index (χ3v) is 5.46. The van der Waals surface area contributed by atoms with E-state index in [-0.39, 0.29) is 18.5 Å². The van der Waals surface area contributed by atoms with Crippen molar-refractivity contribution in [2.75, 3.05) is 46.4 Å². The molecule has 0 spiro atoms. The van der Waals surface area contributed by atoms with Crippen molar-refractivity contribution < 1.29 is 23.9 Å². The van der Waals surface area contributed by atoms with Gasteiger partial charge in [0.2, 0.25) is 5.91 Å². The van der Waals surface area contributed by atoms with Gasteiger partial charge in [-0.2, -0.15) is 0 Å². The monoisotopic (exact) mass is 430 g/mol. The van der Waals surface area contributed by atoms with Crippen LogP contribution < -0.4 is 15.4 Å². The van der Waals surface area contributed by atoms with Crippen LogP contribution in [0, 0.1) is 0 Å². The standard InChI is InChI=1S/C22H30N4O5/c1-4-31-21(28)20-15(2)23-22(29)24-18(20)14-25-8-10-26(11-9-25)19(27)13-16-6-5-7-17(12-16)30-3/h5-7,12,15H,4,8-11,13-14H2,1-3H3,(H2,23,24,29). The SMILES string of the molecule is CCOC(=O)C1=C(CN2CCN(C(=O)Cc3cccc(OC)c3)CC2)NC(=O)NC1C. The molecule has 3 amide bonds. The molecule has 31 heavy (non-hydrogen) atoms. The second-order valence-electron chi connectivity index (χ2n) is 7.62. The Balaban J connectivity index is 1.59. The maximum Gasteiger partial charge on any atom is 0.337 e. The van der Waals surface area contributed by atoms with Crippen LogP contribution in [0.25, 0.3) is 0 Å². The van der Waals surface area contributed by atoms with Gasteiger partial charge in [-0.05, 0) is 31.5 Å². The van der Waals surface area contributed by atoms with Gasteiger partial charge in [0.15, 0.2) is 0 Å². The Labute approximate surface area is 182 Å². The van der Waals surface area contributed by atoms with Gasteiger partial charge in [0, 0.05) is 38.4 Å². The topological polar surface area (TPSA) is 100 Å². The number of urea groups is 1. The van der Waals surface area contributed by atoms with Gasteiger partial charge >= 0.3 is 12.0 Å². The molecule has 1 fully saturated rings. The highest BCUT2D eigenvalue weighted by Crippen LogP contribution is 2.17. The summed E-state index contributed by atoms with van der Waals surface area (Å²) >= 11 is 0. The molecular formula is C22H30N4O5. The lowest BCUT2D eigenvalue weighted by Gasteiger charge is -2.36. The predicted octanol–water partition coefficient (Wildman–Crippen LogP) is 0.900. The molecule has 2 aliphatic heterocycles. The molecule has 2 aliphatic rings. The number of methoxy groups -OCH3 is 1. The highest BCUT2D eigenvalue weighted by molar-refractivity contribution is 5.94. The zero-order chi connectivity index (χ0) is 22.4. The van der Waals surface area contributed by atoms with Crippen molar-refractivity contribution in [2.45, 2.75) is 26.3 Å². The Morgan fingerprint density at radius 2 is 1.94 bits per heavy atom. The van der Waals surface area contributed by atoms with Crippen LogP contribution in [0.15, 0.2) is 35.5 Å². The number of carbonyl (C=O) groups is 3. The van der Waals surface area contributed by atoms with Crippen molar-refractivity contribution in [2.24, 2.45) is 0 Å². The smallest absolute Gasteiger partial charge is 0.337 e. The lowest BCUT2D eigenvalue weighted by atomic mass is 10.0.